The van der Waals surface area contributed by atoms with Gasteiger partial charge in [-0.25, -0.2) is 4.39 Å². The lowest BCUT2D eigenvalue weighted by Gasteiger charge is -2.28. The predicted molar refractivity (Wildman–Crippen MR) is 124 cm³/mol. The highest BCUT2D eigenvalue weighted by atomic mass is 28.3. The van der Waals surface area contributed by atoms with E-state index in [1.165, 1.54) is 24.6 Å². The molecular formula is C27H27FNSi. The number of nitrogens with zero attached hydrogens (tertiary/aromatic N) is 1. The Kier molecular flexibility index (Phi) is 6.45. The molecule has 0 N–H and O–H groups in total. The molecule has 0 bridgehead atoms. The van der Waals surface area contributed by atoms with Gasteiger partial charge in [0.05, 0.1) is 11.6 Å². The molecular weight excluding hydrogens is 385 g/mol. The van der Waals surface area contributed by atoms with Crippen LogP contribution in [0.15, 0.2) is 66.7 Å². The number of hydrogen-bond acceptors (Lipinski definition) is 1. The van der Waals surface area contributed by atoms with Crippen molar-refractivity contribution in [2.24, 2.45) is 0 Å². The molecule has 1 heterocycles. The Bertz CT molecular complexity index is 1030. The van der Waals surface area contributed by atoms with Gasteiger partial charge in [-0.15, -0.1) is 0 Å². The second kappa shape index (κ2) is 9.41. The van der Waals surface area contributed by atoms with Gasteiger partial charge in [0.15, 0.2) is 0 Å². The maximum Gasteiger partial charge on any atom is 0.135 e. The quantitative estimate of drug-likeness (QED) is 0.392. The average molecular weight is 413 g/mol. The van der Waals surface area contributed by atoms with Crippen LogP contribution in [0.5, 0.6) is 0 Å². The summed E-state index contributed by atoms with van der Waals surface area (Å²) in [5, 5.41) is 9.14. The highest BCUT2D eigenvalue weighted by Crippen LogP contribution is 2.42. The van der Waals surface area contributed by atoms with Crippen LogP contribution in [0.2, 0.25) is 18.1 Å². The number of rotatable bonds is 5. The number of benzene rings is 3. The zero-order valence-corrected chi connectivity index (χ0v) is 18.5. The topological polar surface area (TPSA) is 23.8 Å². The Morgan fingerprint density at radius 1 is 0.933 bits per heavy atom. The van der Waals surface area contributed by atoms with Crippen molar-refractivity contribution in [1.29, 1.82) is 5.26 Å². The van der Waals surface area contributed by atoms with Crippen molar-refractivity contribution in [1.82, 2.24) is 0 Å². The van der Waals surface area contributed by atoms with Gasteiger partial charge in [-0.3, -0.25) is 0 Å². The summed E-state index contributed by atoms with van der Waals surface area (Å²) < 4.78 is 16.1. The molecule has 0 amide bonds. The van der Waals surface area contributed by atoms with E-state index < -0.39 is 0 Å². The third kappa shape index (κ3) is 4.25. The van der Waals surface area contributed by atoms with E-state index in [9.17, 15) is 0 Å². The largest absolute Gasteiger partial charge is 0.206 e. The fourth-order valence-corrected chi connectivity index (χ4v) is 7.67. The second-order valence-corrected chi connectivity index (χ2v) is 11.2. The molecule has 0 spiro atoms. The smallest absolute Gasteiger partial charge is 0.135 e. The Morgan fingerprint density at radius 2 is 1.63 bits per heavy atom. The molecule has 3 aromatic carbocycles. The molecule has 0 atom stereocenters. The molecule has 0 aromatic heterocycles. The van der Waals surface area contributed by atoms with E-state index in [1.807, 2.05) is 48.5 Å². The minimum atomic E-state index is -0.224. The highest BCUT2D eigenvalue weighted by molar-refractivity contribution is 6.59. The molecule has 0 aliphatic carbocycles. The lowest BCUT2D eigenvalue weighted by atomic mass is 9.86. The van der Waals surface area contributed by atoms with Crippen molar-refractivity contribution in [3.8, 4) is 28.3 Å². The molecule has 3 aromatic rings. The third-order valence-corrected chi connectivity index (χ3v) is 9.49. The van der Waals surface area contributed by atoms with Gasteiger partial charge in [0.2, 0.25) is 0 Å². The fourth-order valence-electron chi connectivity index (χ4n) is 4.70. The van der Waals surface area contributed by atoms with E-state index in [-0.39, 0.29) is 14.6 Å². The summed E-state index contributed by atoms with van der Waals surface area (Å²) >= 11 is 0. The summed E-state index contributed by atoms with van der Waals surface area (Å²) in [6, 6.07) is 27.6. The SMILES string of the molecule is CCC[Si]1CCC(c2ccc(-c3ccccc3)c(-c3ccc(C#N)cc3)c2F)CC1. The number of halogens is 1. The lowest BCUT2D eigenvalue weighted by molar-refractivity contribution is 0.546. The standard InChI is InChI=1S/C27H27FNSi/c1-2-16-30-17-14-22(15-18-30)25-13-12-24(21-6-4-3-5-7-21)26(27(25)28)23-10-8-20(19-29)9-11-23/h3-13,22H,2,14-18H2,1H3. The van der Waals surface area contributed by atoms with E-state index >= 15 is 4.39 Å². The maximum absolute atomic E-state index is 16.1. The van der Waals surface area contributed by atoms with Gasteiger partial charge in [0.25, 0.3) is 0 Å². The van der Waals surface area contributed by atoms with Crippen molar-refractivity contribution in [2.45, 2.75) is 50.2 Å². The van der Waals surface area contributed by atoms with Gasteiger partial charge in [0, 0.05) is 14.4 Å². The first-order chi connectivity index (χ1) is 14.7. The predicted octanol–water partition coefficient (Wildman–Crippen LogP) is 7.81. The Balaban J connectivity index is 1.76. The molecule has 1 aliphatic rings. The first kappa shape index (κ1) is 20.6. The van der Waals surface area contributed by atoms with Crippen LogP contribution < -0.4 is 0 Å². The summed E-state index contributed by atoms with van der Waals surface area (Å²) in [5.74, 6) is 0.231. The first-order valence-electron chi connectivity index (χ1n) is 10.9. The summed E-state index contributed by atoms with van der Waals surface area (Å²) in [4.78, 5) is 0. The molecule has 151 valence electrons. The fraction of sp³-hybridized carbons (Fsp3) is 0.296. The molecule has 0 unspecified atom stereocenters. The van der Waals surface area contributed by atoms with Crippen LogP contribution in [0.25, 0.3) is 22.3 Å². The first-order valence-corrected chi connectivity index (χ1v) is 13.0. The molecule has 1 fully saturated rings. The van der Waals surface area contributed by atoms with E-state index in [0.29, 0.717) is 17.0 Å². The number of nitriles is 1. The van der Waals surface area contributed by atoms with E-state index in [1.54, 1.807) is 12.1 Å². The Labute approximate surface area is 180 Å². The van der Waals surface area contributed by atoms with Crippen LogP contribution in [0.4, 0.5) is 4.39 Å². The van der Waals surface area contributed by atoms with Gasteiger partial charge in [0.1, 0.15) is 5.82 Å². The molecule has 3 heteroatoms. The molecule has 1 radical (unpaired) electrons. The summed E-state index contributed by atoms with van der Waals surface area (Å²) in [6.07, 6.45) is 3.51. The summed E-state index contributed by atoms with van der Waals surface area (Å²) in [5.41, 5.74) is 4.88. The molecule has 1 aliphatic heterocycles. The van der Waals surface area contributed by atoms with E-state index in [2.05, 4.69) is 19.1 Å². The van der Waals surface area contributed by atoms with Crippen molar-refractivity contribution in [3.05, 3.63) is 83.7 Å². The van der Waals surface area contributed by atoms with Crippen LogP contribution >= 0.6 is 0 Å². The minimum absolute atomic E-state index is 0.0859. The minimum Gasteiger partial charge on any atom is -0.206 e. The molecule has 4 rings (SSSR count). The third-order valence-electron chi connectivity index (χ3n) is 6.30. The maximum atomic E-state index is 16.1. The molecule has 30 heavy (non-hydrogen) atoms. The Morgan fingerprint density at radius 3 is 2.27 bits per heavy atom. The van der Waals surface area contributed by atoms with Crippen LogP contribution in [0.3, 0.4) is 0 Å². The van der Waals surface area contributed by atoms with Crippen LogP contribution in [-0.4, -0.2) is 8.80 Å². The highest BCUT2D eigenvalue weighted by Gasteiger charge is 2.27. The van der Waals surface area contributed by atoms with Gasteiger partial charge >= 0.3 is 0 Å². The molecule has 1 saturated heterocycles. The normalized spacial score (nSPS) is 15.1. The van der Waals surface area contributed by atoms with Crippen molar-refractivity contribution in [2.75, 3.05) is 0 Å². The van der Waals surface area contributed by atoms with Gasteiger partial charge in [-0.1, -0.05) is 86.1 Å². The van der Waals surface area contributed by atoms with E-state index in [0.717, 1.165) is 35.1 Å². The summed E-state index contributed by atoms with van der Waals surface area (Å²) in [7, 11) is -0.224. The van der Waals surface area contributed by atoms with Gasteiger partial charge < -0.3 is 0 Å². The summed E-state index contributed by atoms with van der Waals surface area (Å²) in [6.45, 7) is 2.27. The zero-order chi connectivity index (χ0) is 20.9. The van der Waals surface area contributed by atoms with Crippen LogP contribution in [-0.2, 0) is 0 Å². The van der Waals surface area contributed by atoms with Crippen molar-refractivity contribution in [3.63, 3.8) is 0 Å². The van der Waals surface area contributed by atoms with Gasteiger partial charge in [-0.05, 0) is 53.1 Å². The average Bonchev–Trinajstić information content (AvgIpc) is 2.80. The van der Waals surface area contributed by atoms with E-state index in [4.69, 9.17) is 5.26 Å². The monoisotopic (exact) mass is 412 g/mol. The lowest BCUT2D eigenvalue weighted by Crippen LogP contribution is -2.20. The molecule has 0 saturated carbocycles. The Hall–Kier alpha value is -2.70. The van der Waals surface area contributed by atoms with Crippen LogP contribution in [0.1, 0.15) is 43.2 Å². The zero-order valence-electron chi connectivity index (χ0n) is 17.5. The van der Waals surface area contributed by atoms with Crippen molar-refractivity contribution >= 4 is 8.80 Å². The van der Waals surface area contributed by atoms with Crippen LogP contribution in [0, 0.1) is 17.1 Å². The van der Waals surface area contributed by atoms with Gasteiger partial charge in [-0.2, -0.15) is 5.26 Å². The van der Waals surface area contributed by atoms with Crippen molar-refractivity contribution < 1.29 is 4.39 Å². The molecule has 1 nitrogen and oxygen atoms in total. The second-order valence-electron chi connectivity index (χ2n) is 8.22. The number of hydrogen-bond donors (Lipinski definition) is 0.